The summed E-state index contributed by atoms with van der Waals surface area (Å²) in [6.45, 7) is 6.27. The monoisotopic (exact) mass is 151 g/mol. The van der Waals surface area contributed by atoms with Crippen molar-refractivity contribution in [1.82, 2.24) is 5.32 Å². The van der Waals surface area contributed by atoms with Crippen molar-refractivity contribution in [2.24, 2.45) is 10.8 Å². The first-order chi connectivity index (χ1) is 4.98. The van der Waals surface area contributed by atoms with Gasteiger partial charge in [0.25, 0.3) is 0 Å². The third-order valence-electron chi connectivity index (χ3n) is 3.50. The average molecular weight is 151 g/mol. The molecule has 2 bridgehead atoms. The van der Waals surface area contributed by atoms with Gasteiger partial charge in [0, 0.05) is 5.41 Å². The van der Waals surface area contributed by atoms with Crippen molar-refractivity contribution in [3.05, 3.63) is 12.2 Å². The Morgan fingerprint density at radius 1 is 1.45 bits per heavy atom. The van der Waals surface area contributed by atoms with Crippen LogP contribution in [0.15, 0.2) is 12.2 Å². The van der Waals surface area contributed by atoms with Gasteiger partial charge >= 0.3 is 0 Å². The molecule has 1 N–H and O–H groups in total. The number of amides is 1. The smallest absolute Gasteiger partial charge is 0.230 e. The first-order valence-corrected chi connectivity index (χ1v) is 3.99. The van der Waals surface area contributed by atoms with Crippen LogP contribution in [0.25, 0.3) is 0 Å². The van der Waals surface area contributed by atoms with Crippen LogP contribution in [-0.4, -0.2) is 11.9 Å². The number of hydrogen-bond acceptors (Lipinski definition) is 1. The zero-order valence-corrected chi connectivity index (χ0v) is 7.14. The number of carbonyl (C=O) groups excluding carboxylic acids is 1. The van der Waals surface area contributed by atoms with Gasteiger partial charge in [0.1, 0.15) is 0 Å². The van der Waals surface area contributed by atoms with E-state index in [0.717, 1.165) is 0 Å². The molecular formula is C9H13NO. The molecule has 0 aromatic heterocycles. The van der Waals surface area contributed by atoms with Gasteiger partial charge in [0.05, 0.1) is 11.5 Å². The first kappa shape index (κ1) is 6.89. The summed E-state index contributed by atoms with van der Waals surface area (Å²) in [4.78, 5) is 11.4. The van der Waals surface area contributed by atoms with E-state index in [1.54, 1.807) is 0 Å². The minimum absolute atomic E-state index is 0.0596. The maximum atomic E-state index is 11.4. The summed E-state index contributed by atoms with van der Waals surface area (Å²) < 4.78 is 0. The molecule has 0 unspecified atom stereocenters. The minimum atomic E-state index is -0.266. The molecule has 1 amide bonds. The van der Waals surface area contributed by atoms with E-state index in [9.17, 15) is 4.79 Å². The quantitative estimate of drug-likeness (QED) is 0.516. The van der Waals surface area contributed by atoms with E-state index < -0.39 is 0 Å². The van der Waals surface area contributed by atoms with Gasteiger partial charge in [-0.1, -0.05) is 26.0 Å². The Labute approximate surface area is 66.7 Å². The molecule has 0 aromatic carbocycles. The molecule has 1 aliphatic heterocycles. The molecule has 2 nitrogen and oxygen atoms in total. The van der Waals surface area contributed by atoms with Crippen LogP contribution in [0.3, 0.4) is 0 Å². The highest BCUT2D eigenvalue weighted by Crippen LogP contribution is 2.52. The highest BCUT2D eigenvalue weighted by atomic mass is 16.2. The van der Waals surface area contributed by atoms with Crippen LogP contribution in [-0.2, 0) is 4.79 Å². The van der Waals surface area contributed by atoms with Crippen molar-refractivity contribution in [1.29, 1.82) is 0 Å². The summed E-state index contributed by atoms with van der Waals surface area (Å²) in [6, 6.07) is 0.250. The second kappa shape index (κ2) is 1.52. The molecule has 60 valence electrons. The molecule has 2 rings (SSSR count). The van der Waals surface area contributed by atoms with Crippen LogP contribution < -0.4 is 5.32 Å². The van der Waals surface area contributed by atoms with Crippen LogP contribution >= 0.6 is 0 Å². The van der Waals surface area contributed by atoms with Crippen LogP contribution in [0.2, 0.25) is 0 Å². The Morgan fingerprint density at radius 3 is 2.27 bits per heavy atom. The molecule has 2 aliphatic rings. The van der Waals surface area contributed by atoms with Gasteiger partial charge in [0.2, 0.25) is 5.91 Å². The summed E-state index contributed by atoms with van der Waals surface area (Å²) in [7, 11) is 0. The van der Waals surface area contributed by atoms with E-state index in [0.29, 0.717) is 0 Å². The fourth-order valence-electron chi connectivity index (χ4n) is 1.96. The normalized spacial score (nSPS) is 44.6. The van der Waals surface area contributed by atoms with Gasteiger partial charge in [-0.05, 0) is 6.92 Å². The number of nitrogens with one attached hydrogen (secondary N) is 1. The Hall–Kier alpha value is -0.790. The highest BCUT2D eigenvalue weighted by Gasteiger charge is 2.58. The first-order valence-electron chi connectivity index (χ1n) is 3.99. The van der Waals surface area contributed by atoms with Gasteiger partial charge in [-0.15, -0.1) is 0 Å². The molecule has 2 atom stereocenters. The Bertz CT molecular complexity index is 254. The Kier molecular flexibility index (Phi) is 0.952. The van der Waals surface area contributed by atoms with Crippen molar-refractivity contribution in [2.75, 3.05) is 0 Å². The maximum absolute atomic E-state index is 11.4. The number of rotatable bonds is 0. The van der Waals surface area contributed by atoms with Gasteiger partial charge in [0.15, 0.2) is 0 Å². The zero-order chi connectivity index (χ0) is 8.28. The number of carbonyl (C=O) groups is 1. The second-order valence-electron chi connectivity index (χ2n) is 4.23. The molecule has 1 heterocycles. The summed E-state index contributed by atoms with van der Waals surface area (Å²) in [5.74, 6) is 0.176. The third-order valence-corrected chi connectivity index (χ3v) is 3.50. The second-order valence-corrected chi connectivity index (χ2v) is 4.23. The van der Waals surface area contributed by atoms with Gasteiger partial charge in [-0.2, -0.15) is 0 Å². The van der Waals surface area contributed by atoms with Crippen LogP contribution in [0.5, 0.6) is 0 Å². The van der Waals surface area contributed by atoms with E-state index in [1.807, 2.05) is 13.0 Å². The zero-order valence-electron chi connectivity index (χ0n) is 7.14. The van der Waals surface area contributed by atoms with Crippen molar-refractivity contribution < 1.29 is 4.79 Å². The molecule has 0 spiro atoms. The van der Waals surface area contributed by atoms with Crippen molar-refractivity contribution in [3.63, 3.8) is 0 Å². The van der Waals surface area contributed by atoms with Crippen LogP contribution in [0.1, 0.15) is 20.8 Å². The molecule has 2 heteroatoms. The summed E-state index contributed by atoms with van der Waals surface area (Å²) >= 11 is 0. The molecular weight excluding hydrogens is 138 g/mol. The van der Waals surface area contributed by atoms with Crippen molar-refractivity contribution >= 4 is 5.91 Å². The topological polar surface area (TPSA) is 29.1 Å². The number of hydrogen-bond donors (Lipinski definition) is 1. The lowest BCUT2D eigenvalue weighted by Gasteiger charge is -2.29. The molecule has 0 saturated carbocycles. The van der Waals surface area contributed by atoms with E-state index in [2.05, 4.69) is 25.2 Å². The van der Waals surface area contributed by atoms with E-state index >= 15 is 0 Å². The highest BCUT2D eigenvalue weighted by molar-refractivity contribution is 5.90. The average Bonchev–Trinajstić information content (AvgIpc) is 2.20. The third kappa shape index (κ3) is 0.525. The van der Waals surface area contributed by atoms with Crippen molar-refractivity contribution in [3.8, 4) is 0 Å². The lowest BCUT2D eigenvalue weighted by atomic mass is 9.70. The maximum Gasteiger partial charge on any atom is 0.230 e. The Balaban J connectivity index is 2.55. The Morgan fingerprint density at radius 2 is 2.09 bits per heavy atom. The fourth-order valence-corrected chi connectivity index (χ4v) is 1.96. The predicted octanol–water partition coefficient (Wildman–Crippen LogP) is 1.09. The summed E-state index contributed by atoms with van der Waals surface area (Å²) in [5, 5.41) is 2.96. The standard InChI is InChI=1S/C9H13NO/c1-8(2)6-4-5-9(8,3)7(11)10-6/h4-6H,1-3H3,(H,10,11)/t6-,9-/m0/s1. The van der Waals surface area contributed by atoms with E-state index in [-0.39, 0.29) is 22.8 Å². The van der Waals surface area contributed by atoms with Crippen molar-refractivity contribution in [2.45, 2.75) is 26.8 Å². The lowest BCUT2D eigenvalue weighted by Crippen LogP contribution is -2.33. The summed E-state index contributed by atoms with van der Waals surface area (Å²) in [6.07, 6.45) is 4.14. The minimum Gasteiger partial charge on any atom is -0.349 e. The van der Waals surface area contributed by atoms with Crippen LogP contribution in [0.4, 0.5) is 0 Å². The molecule has 0 aromatic rings. The molecule has 1 saturated heterocycles. The molecule has 0 radical (unpaired) electrons. The number of fused-ring (bicyclic) bond motifs is 2. The summed E-state index contributed by atoms with van der Waals surface area (Å²) in [5.41, 5.74) is -0.207. The van der Waals surface area contributed by atoms with Gasteiger partial charge < -0.3 is 5.32 Å². The van der Waals surface area contributed by atoms with Gasteiger partial charge in [-0.3, -0.25) is 4.79 Å². The molecule has 1 fully saturated rings. The van der Waals surface area contributed by atoms with E-state index in [4.69, 9.17) is 0 Å². The van der Waals surface area contributed by atoms with E-state index in [1.165, 1.54) is 0 Å². The lowest BCUT2D eigenvalue weighted by molar-refractivity contribution is -0.126. The van der Waals surface area contributed by atoms with Gasteiger partial charge in [-0.25, -0.2) is 0 Å². The molecule has 11 heavy (non-hydrogen) atoms. The predicted molar refractivity (Wildman–Crippen MR) is 43.0 cm³/mol. The SMILES string of the molecule is CC1(C)[C@@H]2C=C[C@@]1(C)C(=O)N2. The van der Waals surface area contributed by atoms with Crippen LogP contribution in [0, 0.1) is 10.8 Å². The fraction of sp³-hybridized carbons (Fsp3) is 0.667. The largest absolute Gasteiger partial charge is 0.349 e. The molecule has 1 aliphatic carbocycles.